The lowest BCUT2D eigenvalue weighted by molar-refractivity contribution is 0.273. The second-order valence-corrected chi connectivity index (χ2v) is 3.09. The second-order valence-electron chi connectivity index (χ2n) is 3.09. The summed E-state index contributed by atoms with van der Waals surface area (Å²) in [4.78, 5) is 0. The third-order valence-corrected chi connectivity index (χ3v) is 2.02. The minimum absolute atomic E-state index is 0.0873. The first-order chi connectivity index (χ1) is 5.65. The average molecular weight is 168 g/mol. The Kier molecular flexibility index (Phi) is 2.82. The van der Waals surface area contributed by atoms with Gasteiger partial charge in [-0.3, -0.25) is 0 Å². The molecule has 2 heteroatoms. The van der Waals surface area contributed by atoms with Crippen LogP contribution in [0.25, 0.3) is 0 Å². The molecule has 1 aromatic carbocycles. The molecule has 0 radical (unpaired) electrons. The molecular formula is C10H13FO. The van der Waals surface area contributed by atoms with Crippen molar-refractivity contribution in [2.45, 2.75) is 19.8 Å². The average Bonchev–Trinajstić information content (AvgIpc) is 2.08. The Balaban J connectivity index is 2.96. The summed E-state index contributed by atoms with van der Waals surface area (Å²) in [5.41, 5.74) is 1.62. The van der Waals surface area contributed by atoms with E-state index in [-0.39, 0.29) is 18.3 Å². The number of rotatable bonds is 2. The molecule has 1 aromatic rings. The zero-order valence-electron chi connectivity index (χ0n) is 7.34. The molecule has 1 nitrogen and oxygen atoms in total. The van der Waals surface area contributed by atoms with Gasteiger partial charge in [-0.15, -0.1) is 0 Å². The lowest BCUT2D eigenvalue weighted by Crippen LogP contribution is -1.99. The number of hydrogen-bond donors (Lipinski definition) is 1. The minimum Gasteiger partial charge on any atom is -0.396 e. The van der Waals surface area contributed by atoms with E-state index < -0.39 is 0 Å². The van der Waals surface area contributed by atoms with Crippen molar-refractivity contribution in [1.82, 2.24) is 0 Å². The Morgan fingerprint density at radius 2 is 2.17 bits per heavy atom. The van der Waals surface area contributed by atoms with Crippen LogP contribution in [0.2, 0.25) is 0 Å². The summed E-state index contributed by atoms with van der Waals surface area (Å²) in [5.74, 6) is -0.104. The fourth-order valence-corrected chi connectivity index (χ4v) is 1.08. The zero-order valence-corrected chi connectivity index (χ0v) is 7.34. The summed E-state index contributed by atoms with van der Waals surface area (Å²) >= 11 is 0. The molecule has 12 heavy (non-hydrogen) atoms. The smallest absolute Gasteiger partial charge is 0.126 e. The van der Waals surface area contributed by atoms with Gasteiger partial charge in [-0.05, 0) is 24.1 Å². The molecule has 0 heterocycles. The number of halogens is 1. The van der Waals surface area contributed by atoms with Crippen molar-refractivity contribution in [1.29, 1.82) is 0 Å². The fourth-order valence-electron chi connectivity index (χ4n) is 1.08. The van der Waals surface area contributed by atoms with Gasteiger partial charge in [0, 0.05) is 12.5 Å². The van der Waals surface area contributed by atoms with Gasteiger partial charge in [0.2, 0.25) is 0 Å². The van der Waals surface area contributed by atoms with Gasteiger partial charge in [0.1, 0.15) is 5.82 Å². The molecule has 0 aliphatic carbocycles. The Labute approximate surface area is 71.9 Å². The van der Waals surface area contributed by atoms with E-state index in [0.717, 1.165) is 5.56 Å². The van der Waals surface area contributed by atoms with Gasteiger partial charge in [0.05, 0.1) is 0 Å². The normalized spacial score (nSPS) is 13.0. The molecule has 0 bridgehead atoms. The highest BCUT2D eigenvalue weighted by Gasteiger charge is 2.05. The summed E-state index contributed by atoms with van der Waals surface area (Å²) in [5, 5.41) is 8.85. The van der Waals surface area contributed by atoms with Crippen LogP contribution in [0.4, 0.5) is 4.39 Å². The van der Waals surface area contributed by atoms with Crippen molar-refractivity contribution in [2.24, 2.45) is 0 Å². The van der Waals surface area contributed by atoms with Gasteiger partial charge in [0.25, 0.3) is 0 Å². The van der Waals surface area contributed by atoms with Crippen LogP contribution in [0.5, 0.6) is 0 Å². The molecule has 0 aromatic heterocycles. The number of benzene rings is 1. The maximum Gasteiger partial charge on any atom is 0.126 e. The molecule has 1 atom stereocenters. The molecule has 0 unspecified atom stereocenters. The van der Waals surface area contributed by atoms with Crippen LogP contribution < -0.4 is 0 Å². The van der Waals surface area contributed by atoms with Gasteiger partial charge < -0.3 is 5.11 Å². The Bertz CT molecular complexity index is 271. The van der Waals surface area contributed by atoms with E-state index >= 15 is 0 Å². The largest absolute Gasteiger partial charge is 0.396 e. The van der Waals surface area contributed by atoms with Crippen molar-refractivity contribution >= 4 is 0 Å². The molecule has 0 spiro atoms. The summed E-state index contributed by atoms with van der Waals surface area (Å²) in [6.07, 6.45) is 0. The first kappa shape index (κ1) is 9.20. The maximum atomic E-state index is 12.8. The zero-order chi connectivity index (χ0) is 9.14. The topological polar surface area (TPSA) is 20.2 Å². The van der Waals surface area contributed by atoms with E-state index in [1.165, 1.54) is 6.07 Å². The van der Waals surface area contributed by atoms with Crippen molar-refractivity contribution in [3.63, 3.8) is 0 Å². The minimum atomic E-state index is -0.191. The van der Waals surface area contributed by atoms with Crippen LogP contribution in [0, 0.1) is 12.7 Å². The van der Waals surface area contributed by atoms with Gasteiger partial charge >= 0.3 is 0 Å². The Hall–Kier alpha value is -0.890. The van der Waals surface area contributed by atoms with Gasteiger partial charge in [-0.2, -0.15) is 0 Å². The van der Waals surface area contributed by atoms with Crippen LogP contribution in [0.3, 0.4) is 0 Å². The highest BCUT2D eigenvalue weighted by atomic mass is 19.1. The van der Waals surface area contributed by atoms with Gasteiger partial charge in [-0.25, -0.2) is 4.39 Å². The van der Waals surface area contributed by atoms with E-state index in [0.29, 0.717) is 5.56 Å². The molecule has 0 fully saturated rings. The van der Waals surface area contributed by atoms with E-state index in [1.807, 2.05) is 6.92 Å². The molecule has 0 aliphatic heterocycles. The van der Waals surface area contributed by atoms with Crippen molar-refractivity contribution in [3.8, 4) is 0 Å². The van der Waals surface area contributed by atoms with Crippen molar-refractivity contribution < 1.29 is 9.50 Å². The van der Waals surface area contributed by atoms with Crippen LogP contribution >= 0.6 is 0 Å². The lowest BCUT2D eigenvalue weighted by Gasteiger charge is -2.08. The number of hydrogen-bond acceptors (Lipinski definition) is 1. The highest BCUT2D eigenvalue weighted by Crippen LogP contribution is 2.17. The third-order valence-electron chi connectivity index (χ3n) is 2.02. The summed E-state index contributed by atoms with van der Waals surface area (Å²) in [6.45, 7) is 3.74. The van der Waals surface area contributed by atoms with E-state index in [2.05, 4.69) is 0 Å². The van der Waals surface area contributed by atoms with Crippen LogP contribution in [0.15, 0.2) is 18.2 Å². The Morgan fingerprint density at radius 3 is 2.67 bits per heavy atom. The molecule has 1 rings (SSSR count). The summed E-state index contributed by atoms with van der Waals surface area (Å²) < 4.78 is 12.8. The molecule has 66 valence electrons. The predicted molar refractivity (Wildman–Crippen MR) is 46.6 cm³/mol. The van der Waals surface area contributed by atoms with E-state index in [4.69, 9.17) is 5.11 Å². The molecule has 0 aliphatic rings. The Morgan fingerprint density at radius 1 is 1.50 bits per heavy atom. The summed E-state index contributed by atoms with van der Waals surface area (Å²) in [7, 11) is 0. The predicted octanol–water partition coefficient (Wildman–Crippen LogP) is 2.23. The van der Waals surface area contributed by atoms with Crippen LogP contribution in [-0.4, -0.2) is 11.7 Å². The maximum absolute atomic E-state index is 12.8. The summed E-state index contributed by atoms with van der Waals surface area (Å²) in [6, 6.07) is 4.93. The number of aliphatic hydroxyl groups is 1. The SMILES string of the molecule is Cc1cc([C@H](C)CO)ccc1F. The first-order valence-electron chi connectivity index (χ1n) is 4.02. The van der Waals surface area contributed by atoms with Gasteiger partial charge in [0.15, 0.2) is 0 Å². The molecule has 0 saturated carbocycles. The quantitative estimate of drug-likeness (QED) is 0.718. The molecule has 1 N–H and O–H groups in total. The molecular weight excluding hydrogens is 155 g/mol. The lowest BCUT2D eigenvalue weighted by atomic mass is 10.0. The third kappa shape index (κ3) is 1.83. The molecule has 0 amide bonds. The molecule has 0 saturated heterocycles. The van der Waals surface area contributed by atoms with Crippen molar-refractivity contribution in [2.75, 3.05) is 6.61 Å². The van der Waals surface area contributed by atoms with Gasteiger partial charge in [-0.1, -0.05) is 19.1 Å². The monoisotopic (exact) mass is 168 g/mol. The first-order valence-corrected chi connectivity index (χ1v) is 4.02. The number of aryl methyl sites for hydroxylation is 1. The van der Waals surface area contributed by atoms with Crippen LogP contribution in [0.1, 0.15) is 24.0 Å². The number of aliphatic hydroxyl groups excluding tert-OH is 1. The second kappa shape index (κ2) is 3.68. The van der Waals surface area contributed by atoms with E-state index in [1.54, 1.807) is 19.1 Å². The van der Waals surface area contributed by atoms with E-state index in [9.17, 15) is 4.39 Å². The van der Waals surface area contributed by atoms with Crippen molar-refractivity contribution in [3.05, 3.63) is 35.1 Å². The fraction of sp³-hybridized carbons (Fsp3) is 0.400. The standard InChI is InChI=1S/C10H13FO/c1-7-5-9(8(2)6-12)3-4-10(7)11/h3-5,8,12H,6H2,1-2H3/t8-/m1/s1. The highest BCUT2D eigenvalue weighted by molar-refractivity contribution is 5.26. The van der Waals surface area contributed by atoms with Crippen LogP contribution in [-0.2, 0) is 0 Å².